The zero-order chi connectivity index (χ0) is 21.5. The number of hydrogen-bond acceptors (Lipinski definition) is 6. The van der Waals surface area contributed by atoms with Gasteiger partial charge in [-0.1, -0.05) is 77.4 Å². The fourth-order valence-corrected chi connectivity index (χ4v) is 3.18. The Morgan fingerprint density at radius 1 is 1.13 bits per heavy atom. The van der Waals surface area contributed by atoms with Crippen LogP contribution in [0.5, 0.6) is 0 Å². The molecule has 3 rings (SSSR count). The van der Waals surface area contributed by atoms with Crippen molar-refractivity contribution in [1.29, 1.82) is 0 Å². The molecule has 1 aromatic heterocycles. The first-order valence-electron chi connectivity index (χ1n) is 9.51. The van der Waals surface area contributed by atoms with Gasteiger partial charge in [-0.2, -0.15) is 4.98 Å². The van der Waals surface area contributed by atoms with Crippen LogP contribution in [-0.4, -0.2) is 28.1 Å². The number of halogens is 1. The molecule has 7 nitrogen and oxygen atoms in total. The van der Waals surface area contributed by atoms with Crippen LogP contribution in [-0.2, 0) is 27.4 Å². The topological polar surface area (TPSA) is 94.3 Å². The zero-order valence-electron chi connectivity index (χ0n) is 16.7. The van der Waals surface area contributed by atoms with Crippen molar-refractivity contribution < 1.29 is 18.8 Å². The number of carbonyl (C=O) groups is 2. The molecule has 2 aromatic carbocycles. The van der Waals surface area contributed by atoms with Gasteiger partial charge in [0.2, 0.25) is 11.7 Å². The molecule has 0 saturated heterocycles. The Morgan fingerprint density at radius 3 is 2.60 bits per heavy atom. The summed E-state index contributed by atoms with van der Waals surface area (Å²) in [6.07, 6.45) is 0.191. The first-order chi connectivity index (χ1) is 14.4. The summed E-state index contributed by atoms with van der Waals surface area (Å²) in [6, 6.07) is 16.0. The van der Waals surface area contributed by atoms with Crippen molar-refractivity contribution in [2.24, 2.45) is 5.92 Å². The number of benzene rings is 2. The van der Waals surface area contributed by atoms with Crippen molar-refractivity contribution in [3.8, 4) is 11.4 Å². The van der Waals surface area contributed by atoms with E-state index in [4.69, 9.17) is 9.26 Å². The maximum absolute atomic E-state index is 12.5. The average Bonchev–Trinajstić information content (AvgIpc) is 3.20. The molecule has 30 heavy (non-hydrogen) atoms. The third-order valence-electron chi connectivity index (χ3n) is 4.33. The van der Waals surface area contributed by atoms with E-state index in [9.17, 15) is 9.59 Å². The third kappa shape index (κ3) is 6.00. The lowest BCUT2D eigenvalue weighted by atomic mass is 10.0. The highest BCUT2D eigenvalue weighted by Gasteiger charge is 2.26. The summed E-state index contributed by atoms with van der Waals surface area (Å²) in [4.78, 5) is 29.1. The standard InChI is InChI=1S/C22H22BrN3O4/c1-14(2)20(24-18(27)11-15-7-4-3-5-8-15)22(28)29-13-19-25-21(26-30-19)16-9-6-10-17(23)12-16/h3-10,12,14,20H,11,13H2,1-2H3,(H,24,27)/t20-/m0/s1. The fraction of sp³-hybridized carbons (Fsp3) is 0.273. The Hall–Kier alpha value is -3.00. The van der Waals surface area contributed by atoms with Gasteiger partial charge in [0.1, 0.15) is 6.04 Å². The van der Waals surface area contributed by atoms with E-state index in [1.807, 2.05) is 68.4 Å². The Bertz CT molecular complexity index is 1000. The maximum atomic E-state index is 12.5. The summed E-state index contributed by atoms with van der Waals surface area (Å²) in [5.41, 5.74) is 1.65. The van der Waals surface area contributed by atoms with Gasteiger partial charge in [0, 0.05) is 10.0 Å². The van der Waals surface area contributed by atoms with Crippen molar-refractivity contribution in [1.82, 2.24) is 15.5 Å². The average molecular weight is 472 g/mol. The molecule has 1 heterocycles. The van der Waals surface area contributed by atoms with E-state index in [1.54, 1.807) is 0 Å². The molecule has 0 saturated carbocycles. The highest BCUT2D eigenvalue weighted by Crippen LogP contribution is 2.20. The van der Waals surface area contributed by atoms with Crippen LogP contribution in [0.2, 0.25) is 0 Å². The molecule has 0 spiro atoms. The molecule has 0 radical (unpaired) electrons. The lowest BCUT2D eigenvalue weighted by molar-refractivity contribution is -0.151. The molecule has 0 aliphatic carbocycles. The number of aromatic nitrogens is 2. The third-order valence-corrected chi connectivity index (χ3v) is 4.83. The Kier molecular flexibility index (Phi) is 7.35. The molecular formula is C22H22BrN3O4. The predicted octanol–water partition coefficient (Wildman–Crippen LogP) is 3.93. The number of hydrogen-bond donors (Lipinski definition) is 1. The number of esters is 1. The number of carbonyl (C=O) groups excluding carboxylic acids is 2. The molecular weight excluding hydrogens is 450 g/mol. The summed E-state index contributed by atoms with van der Waals surface area (Å²) < 4.78 is 11.4. The lowest BCUT2D eigenvalue weighted by Gasteiger charge is -2.20. The summed E-state index contributed by atoms with van der Waals surface area (Å²) in [7, 11) is 0. The van der Waals surface area contributed by atoms with Crippen LogP contribution < -0.4 is 5.32 Å². The quantitative estimate of drug-likeness (QED) is 0.500. The molecule has 1 atom stereocenters. The van der Waals surface area contributed by atoms with Crippen LogP contribution >= 0.6 is 15.9 Å². The number of nitrogens with zero attached hydrogens (tertiary/aromatic N) is 2. The molecule has 0 fully saturated rings. The lowest BCUT2D eigenvalue weighted by Crippen LogP contribution is -2.45. The van der Waals surface area contributed by atoms with E-state index < -0.39 is 12.0 Å². The minimum Gasteiger partial charge on any atom is -0.454 e. The second kappa shape index (κ2) is 10.2. The maximum Gasteiger partial charge on any atom is 0.329 e. The predicted molar refractivity (Wildman–Crippen MR) is 114 cm³/mol. The number of ether oxygens (including phenoxy) is 1. The molecule has 1 amide bonds. The summed E-state index contributed by atoms with van der Waals surface area (Å²) >= 11 is 3.40. The second-order valence-electron chi connectivity index (χ2n) is 7.08. The van der Waals surface area contributed by atoms with Crippen LogP contribution in [0.1, 0.15) is 25.3 Å². The summed E-state index contributed by atoms with van der Waals surface area (Å²) in [5, 5.41) is 6.67. The van der Waals surface area contributed by atoms with Gasteiger partial charge in [0.25, 0.3) is 5.89 Å². The Labute approximate surface area is 183 Å². The van der Waals surface area contributed by atoms with E-state index in [1.165, 1.54) is 0 Å². The number of nitrogens with one attached hydrogen (secondary N) is 1. The van der Waals surface area contributed by atoms with Crippen molar-refractivity contribution >= 4 is 27.8 Å². The largest absolute Gasteiger partial charge is 0.454 e. The van der Waals surface area contributed by atoms with Gasteiger partial charge in [-0.3, -0.25) is 4.79 Å². The Balaban J connectivity index is 1.57. The van der Waals surface area contributed by atoms with Crippen molar-refractivity contribution in [3.63, 3.8) is 0 Å². The van der Waals surface area contributed by atoms with Gasteiger partial charge in [-0.15, -0.1) is 0 Å². The molecule has 8 heteroatoms. The zero-order valence-corrected chi connectivity index (χ0v) is 18.3. The number of rotatable bonds is 8. The van der Waals surface area contributed by atoms with E-state index in [0.717, 1.165) is 15.6 Å². The molecule has 0 bridgehead atoms. The molecule has 0 aliphatic rings. The summed E-state index contributed by atoms with van der Waals surface area (Å²) in [5.74, 6) is -0.354. The minimum absolute atomic E-state index is 0.142. The molecule has 156 valence electrons. The van der Waals surface area contributed by atoms with Crippen molar-refractivity contribution in [2.75, 3.05) is 0 Å². The Morgan fingerprint density at radius 2 is 1.90 bits per heavy atom. The van der Waals surface area contributed by atoms with Gasteiger partial charge < -0.3 is 14.6 Å². The number of amides is 1. The van der Waals surface area contributed by atoms with Crippen molar-refractivity contribution in [2.45, 2.75) is 32.9 Å². The van der Waals surface area contributed by atoms with Crippen LogP contribution in [0.25, 0.3) is 11.4 Å². The first-order valence-corrected chi connectivity index (χ1v) is 10.3. The van der Waals surface area contributed by atoms with Gasteiger partial charge in [-0.05, 0) is 23.6 Å². The van der Waals surface area contributed by atoms with Crippen LogP contribution in [0, 0.1) is 5.92 Å². The van der Waals surface area contributed by atoms with Gasteiger partial charge >= 0.3 is 5.97 Å². The molecule has 1 N–H and O–H groups in total. The summed E-state index contributed by atoms with van der Waals surface area (Å²) in [6.45, 7) is 3.51. The van der Waals surface area contributed by atoms with Crippen LogP contribution in [0.4, 0.5) is 0 Å². The van der Waals surface area contributed by atoms with E-state index in [0.29, 0.717) is 5.82 Å². The highest BCUT2D eigenvalue weighted by atomic mass is 79.9. The first kappa shape index (κ1) is 21.7. The van der Waals surface area contributed by atoms with Crippen LogP contribution in [0.15, 0.2) is 63.6 Å². The van der Waals surface area contributed by atoms with E-state index in [-0.39, 0.29) is 30.7 Å². The second-order valence-corrected chi connectivity index (χ2v) is 8.00. The fourth-order valence-electron chi connectivity index (χ4n) is 2.78. The van der Waals surface area contributed by atoms with Crippen molar-refractivity contribution in [3.05, 3.63) is 70.5 Å². The van der Waals surface area contributed by atoms with Gasteiger partial charge in [0.05, 0.1) is 6.42 Å². The highest BCUT2D eigenvalue weighted by molar-refractivity contribution is 9.10. The molecule has 0 unspecified atom stereocenters. The van der Waals surface area contributed by atoms with E-state index in [2.05, 4.69) is 31.4 Å². The monoisotopic (exact) mass is 471 g/mol. The molecule has 3 aromatic rings. The van der Waals surface area contributed by atoms with E-state index >= 15 is 0 Å². The minimum atomic E-state index is -0.770. The van der Waals surface area contributed by atoms with Gasteiger partial charge in [0.15, 0.2) is 6.61 Å². The normalized spacial score (nSPS) is 11.9. The smallest absolute Gasteiger partial charge is 0.329 e. The van der Waals surface area contributed by atoms with Crippen LogP contribution in [0.3, 0.4) is 0 Å². The SMILES string of the molecule is CC(C)[C@H](NC(=O)Cc1ccccc1)C(=O)OCc1nc(-c2cccc(Br)c2)no1. The van der Waals surface area contributed by atoms with Gasteiger partial charge in [-0.25, -0.2) is 4.79 Å². The molecule has 0 aliphatic heterocycles.